The Morgan fingerprint density at radius 1 is 1.56 bits per heavy atom. The zero-order valence-corrected chi connectivity index (χ0v) is 11.6. The zero-order valence-electron chi connectivity index (χ0n) is 10.0. The zero-order chi connectivity index (χ0) is 13.3. The molecule has 0 saturated carbocycles. The molecule has 1 aromatic rings. The third-order valence-electron chi connectivity index (χ3n) is 3.30. The van der Waals surface area contributed by atoms with Crippen molar-refractivity contribution >= 4 is 21.6 Å². The third-order valence-corrected chi connectivity index (χ3v) is 5.42. The van der Waals surface area contributed by atoms with E-state index < -0.39 is 15.6 Å². The van der Waals surface area contributed by atoms with E-state index in [4.69, 9.17) is 11.6 Å². The molecule has 0 spiro atoms. The van der Waals surface area contributed by atoms with Crippen molar-refractivity contribution in [3.63, 3.8) is 0 Å². The van der Waals surface area contributed by atoms with Gasteiger partial charge in [0.25, 0.3) is 5.56 Å². The Morgan fingerprint density at radius 3 is 2.83 bits per heavy atom. The molecule has 0 radical (unpaired) electrons. The van der Waals surface area contributed by atoms with Crippen molar-refractivity contribution < 1.29 is 8.42 Å². The van der Waals surface area contributed by atoms with Gasteiger partial charge in [0.15, 0.2) is 0 Å². The summed E-state index contributed by atoms with van der Waals surface area (Å²) in [5, 5.41) is -0.109. The highest BCUT2D eigenvalue weighted by Gasteiger charge is 2.32. The van der Waals surface area contributed by atoms with Crippen LogP contribution < -0.4 is 5.56 Å². The van der Waals surface area contributed by atoms with E-state index in [0.717, 1.165) is 12.8 Å². The Hall–Kier alpha value is -0.850. The first-order chi connectivity index (χ1) is 8.45. The molecular formula is C11H15ClN2O3S. The highest BCUT2D eigenvalue weighted by molar-refractivity contribution is 7.89. The first-order valence-corrected chi connectivity index (χ1v) is 7.65. The Morgan fingerprint density at radius 2 is 2.28 bits per heavy atom. The standard InChI is InChI=1S/C11H15ClN2O3S/c1-2-8-3-4-14(7-8)18(16,17)9-5-10(12)11(15)13-6-9/h5-6,8H,2-4,7H2,1H3,(H,13,15). The van der Waals surface area contributed by atoms with E-state index in [2.05, 4.69) is 11.9 Å². The molecule has 0 aromatic carbocycles. The average molecular weight is 291 g/mol. The second-order valence-corrected chi connectivity index (χ2v) is 6.78. The van der Waals surface area contributed by atoms with Crippen LogP contribution in [-0.2, 0) is 10.0 Å². The number of nitrogens with zero attached hydrogens (tertiary/aromatic N) is 1. The second kappa shape index (κ2) is 5.03. The van der Waals surface area contributed by atoms with Crippen molar-refractivity contribution in [1.82, 2.24) is 9.29 Å². The molecule has 0 aliphatic carbocycles. The predicted octanol–water partition coefficient (Wildman–Crippen LogP) is 1.45. The fraction of sp³-hybridized carbons (Fsp3) is 0.545. The van der Waals surface area contributed by atoms with Gasteiger partial charge in [-0.05, 0) is 18.4 Å². The predicted molar refractivity (Wildman–Crippen MR) is 69.2 cm³/mol. The van der Waals surface area contributed by atoms with Gasteiger partial charge in [0, 0.05) is 19.3 Å². The Labute approximate surface area is 111 Å². The van der Waals surface area contributed by atoms with Crippen LogP contribution in [0.25, 0.3) is 0 Å². The first kappa shape index (κ1) is 13.6. The van der Waals surface area contributed by atoms with Crippen LogP contribution in [0.3, 0.4) is 0 Å². The molecule has 0 bridgehead atoms. The number of halogens is 1. The van der Waals surface area contributed by atoms with E-state index in [9.17, 15) is 13.2 Å². The lowest BCUT2D eigenvalue weighted by molar-refractivity contribution is 0.452. The Bertz CT molecular complexity index is 597. The molecule has 1 atom stereocenters. The summed E-state index contributed by atoms with van der Waals surface area (Å²) in [6.07, 6.45) is 3.05. The van der Waals surface area contributed by atoms with Crippen molar-refractivity contribution in [3.8, 4) is 0 Å². The van der Waals surface area contributed by atoms with Crippen molar-refractivity contribution in [2.75, 3.05) is 13.1 Å². The molecule has 7 heteroatoms. The minimum Gasteiger partial charge on any atom is -0.326 e. The smallest absolute Gasteiger partial charge is 0.266 e. The molecule has 0 amide bonds. The topological polar surface area (TPSA) is 70.2 Å². The highest BCUT2D eigenvalue weighted by atomic mass is 35.5. The van der Waals surface area contributed by atoms with Crippen molar-refractivity contribution in [2.45, 2.75) is 24.7 Å². The van der Waals surface area contributed by atoms with Crippen molar-refractivity contribution in [3.05, 3.63) is 27.6 Å². The molecule has 2 rings (SSSR count). The molecule has 1 aliphatic rings. The van der Waals surface area contributed by atoms with E-state index in [0.29, 0.717) is 19.0 Å². The molecule has 100 valence electrons. The van der Waals surface area contributed by atoms with Gasteiger partial charge in [-0.15, -0.1) is 0 Å². The van der Waals surface area contributed by atoms with Crippen LogP contribution in [-0.4, -0.2) is 30.8 Å². The minimum absolute atomic E-state index is 0.0452. The van der Waals surface area contributed by atoms with Gasteiger partial charge in [0.05, 0.1) is 4.90 Å². The number of sulfonamides is 1. The number of hydrogen-bond acceptors (Lipinski definition) is 3. The van der Waals surface area contributed by atoms with Crippen molar-refractivity contribution in [2.24, 2.45) is 5.92 Å². The minimum atomic E-state index is -3.54. The van der Waals surface area contributed by atoms with Gasteiger partial charge < -0.3 is 4.98 Å². The van der Waals surface area contributed by atoms with E-state index in [-0.39, 0.29) is 9.92 Å². The molecule has 1 aliphatic heterocycles. The lowest BCUT2D eigenvalue weighted by atomic mass is 10.1. The van der Waals surface area contributed by atoms with E-state index in [1.54, 1.807) is 0 Å². The summed E-state index contributed by atoms with van der Waals surface area (Å²) in [6.45, 7) is 3.12. The molecular weight excluding hydrogens is 276 g/mol. The van der Waals surface area contributed by atoms with Crippen LogP contribution in [0.2, 0.25) is 5.02 Å². The Balaban J connectivity index is 2.31. The average Bonchev–Trinajstić information content (AvgIpc) is 2.81. The number of nitrogens with one attached hydrogen (secondary N) is 1. The fourth-order valence-electron chi connectivity index (χ4n) is 2.08. The summed E-state index contributed by atoms with van der Waals surface area (Å²) >= 11 is 5.66. The molecule has 5 nitrogen and oxygen atoms in total. The number of aromatic amines is 1. The molecule has 18 heavy (non-hydrogen) atoms. The van der Waals surface area contributed by atoms with Gasteiger partial charge in [-0.25, -0.2) is 8.42 Å². The van der Waals surface area contributed by atoms with Gasteiger partial charge in [0.2, 0.25) is 10.0 Å². The number of rotatable bonds is 3. The van der Waals surface area contributed by atoms with Gasteiger partial charge in [-0.1, -0.05) is 24.9 Å². The first-order valence-electron chi connectivity index (χ1n) is 5.83. The molecule has 1 aromatic heterocycles. The summed E-state index contributed by atoms with van der Waals surface area (Å²) < 4.78 is 26.1. The van der Waals surface area contributed by atoms with Crippen LogP contribution in [0.4, 0.5) is 0 Å². The quantitative estimate of drug-likeness (QED) is 0.916. The van der Waals surface area contributed by atoms with Crippen molar-refractivity contribution in [1.29, 1.82) is 0 Å². The summed E-state index contributed by atoms with van der Waals surface area (Å²) in [6, 6.07) is 1.20. The summed E-state index contributed by atoms with van der Waals surface area (Å²) in [4.78, 5) is 13.5. The van der Waals surface area contributed by atoms with Crippen LogP contribution in [0.15, 0.2) is 22.0 Å². The van der Waals surface area contributed by atoms with Crippen LogP contribution >= 0.6 is 11.6 Å². The molecule has 1 N–H and O–H groups in total. The van der Waals surface area contributed by atoms with Gasteiger partial charge in [-0.3, -0.25) is 4.79 Å². The molecule has 2 heterocycles. The highest BCUT2D eigenvalue weighted by Crippen LogP contribution is 2.25. The van der Waals surface area contributed by atoms with Crippen LogP contribution in [0.1, 0.15) is 19.8 Å². The maximum Gasteiger partial charge on any atom is 0.266 e. The molecule has 1 unspecified atom stereocenters. The third kappa shape index (κ3) is 2.46. The van der Waals surface area contributed by atoms with Gasteiger partial charge >= 0.3 is 0 Å². The maximum atomic E-state index is 12.3. The van der Waals surface area contributed by atoms with Gasteiger partial charge in [0.1, 0.15) is 5.02 Å². The summed E-state index contributed by atoms with van der Waals surface area (Å²) in [5.74, 6) is 0.415. The summed E-state index contributed by atoms with van der Waals surface area (Å²) in [5.41, 5.74) is -0.483. The van der Waals surface area contributed by atoms with Crippen LogP contribution in [0, 0.1) is 5.92 Å². The lowest BCUT2D eigenvalue weighted by Gasteiger charge is -2.16. The maximum absolute atomic E-state index is 12.3. The molecule has 1 saturated heterocycles. The normalized spacial score (nSPS) is 21.3. The van der Waals surface area contributed by atoms with Gasteiger partial charge in [-0.2, -0.15) is 4.31 Å². The largest absolute Gasteiger partial charge is 0.326 e. The monoisotopic (exact) mass is 290 g/mol. The van der Waals surface area contributed by atoms with E-state index in [1.807, 2.05) is 0 Å². The Kier molecular flexibility index (Phi) is 3.79. The number of aromatic nitrogens is 1. The number of H-pyrrole nitrogens is 1. The number of pyridine rings is 1. The second-order valence-electron chi connectivity index (χ2n) is 4.44. The SMILES string of the molecule is CCC1CCN(S(=O)(=O)c2c[nH]c(=O)c(Cl)c2)C1. The number of hydrogen-bond donors (Lipinski definition) is 1. The van der Waals surface area contributed by atoms with E-state index >= 15 is 0 Å². The molecule has 1 fully saturated rings. The fourth-order valence-corrected chi connectivity index (χ4v) is 3.85. The summed E-state index contributed by atoms with van der Waals surface area (Å²) in [7, 11) is -3.54. The van der Waals surface area contributed by atoms with Crippen LogP contribution in [0.5, 0.6) is 0 Å². The lowest BCUT2D eigenvalue weighted by Crippen LogP contribution is -2.29. The van der Waals surface area contributed by atoms with E-state index in [1.165, 1.54) is 16.6 Å².